The van der Waals surface area contributed by atoms with Gasteiger partial charge in [-0.05, 0) is 24.3 Å². The third kappa shape index (κ3) is 2.84. The fourth-order valence-corrected chi connectivity index (χ4v) is 2.97. The maximum Gasteiger partial charge on any atom is 0.305 e. The van der Waals surface area contributed by atoms with Crippen LogP contribution in [-0.4, -0.2) is 17.8 Å². The van der Waals surface area contributed by atoms with E-state index >= 15 is 0 Å². The molecule has 21 heavy (non-hydrogen) atoms. The zero-order valence-corrected chi connectivity index (χ0v) is 12.7. The number of thiazole rings is 1. The Bertz CT molecular complexity index is 865. The summed E-state index contributed by atoms with van der Waals surface area (Å²) in [6.45, 7) is 0. The second-order valence-electron chi connectivity index (χ2n) is 4.35. The molecule has 0 fully saturated rings. The van der Waals surface area contributed by atoms with Gasteiger partial charge in [0.05, 0.1) is 10.2 Å². The van der Waals surface area contributed by atoms with Gasteiger partial charge in [-0.15, -0.1) is 0 Å². The van der Waals surface area contributed by atoms with Crippen molar-refractivity contribution in [3.8, 4) is 0 Å². The molecule has 3 aromatic rings. The fourth-order valence-electron chi connectivity index (χ4n) is 2.06. The van der Waals surface area contributed by atoms with E-state index in [1.54, 1.807) is 12.1 Å². The van der Waals surface area contributed by atoms with Crippen LogP contribution in [0.1, 0.15) is 11.1 Å². The molecule has 0 radical (unpaired) electrons. The van der Waals surface area contributed by atoms with Crippen molar-refractivity contribution in [3.63, 3.8) is 0 Å². The summed E-state index contributed by atoms with van der Waals surface area (Å²) in [6, 6.07) is 13.0. The van der Waals surface area contributed by atoms with Crippen molar-refractivity contribution >= 4 is 38.9 Å². The van der Waals surface area contributed by atoms with Gasteiger partial charge in [-0.1, -0.05) is 46.3 Å². The molecule has 0 bridgehead atoms. The third-order valence-electron chi connectivity index (χ3n) is 2.99. The van der Waals surface area contributed by atoms with E-state index in [9.17, 15) is 4.79 Å². The fraction of sp³-hybridized carbons (Fsp3) is 0.0667. The smallest absolute Gasteiger partial charge is 0.305 e. The SMILES string of the molecule is CON=C(c1ccc(Cl)cc1)c1ccc2[nH]c(=O)sc2c1. The Morgan fingerprint density at radius 2 is 1.90 bits per heavy atom. The van der Waals surface area contributed by atoms with Crippen LogP contribution in [0.25, 0.3) is 10.2 Å². The van der Waals surface area contributed by atoms with E-state index in [1.807, 2.05) is 30.3 Å². The molecule has 0 aliphatic carbocycles. The van der Waals surface area contributed by atoms with Gasteiger partial charge >= 0.3 is 4.87 Å². The van der Waals surface area contributed by atoms with Crippen LogP contribution in [0.4, 0.5) is 0 Å². The average Bonchev–Trinajstić information content (AvgIpc) is 2.85. The molecule has 0 amide bonds. The first-order valence-electron chi connectivity index (χ1n) is 6.18. The Balaban J connectivity index is 2.12. The average molecular weight is 319 g/mol. The molecule has 4 nitrogen and oxygen atoms in total. The molecule has 0 saturated carbocycles. The van der Waals surface area contributed by atoms with Crippen molar-refractivity contribution in [2.75, 3.05) is 7.11 Å². The molecule has 1 N–H and O–H groups in total. The minimum atomic E-state index is -0.0705. The van der Waals surface area contributed by atoms with Crippen molar-refractivity contribution in [1.82, 2.24) is 4.98 Å². The summed E-state index contributed by atoms with van der Waals surface area (Å²) < 4.78 is 0.885. The van der Waals surface area contributed by atoms with Gasteiger partial charge in [0.1, 0.15) is 12.8 Å². The lowest BCUT2D eigenvalue weighted by Crippen LogP contribution is -2.03. The zero-order valence-electron chi connectivity index (χ0n) is 11.1. The predicted molar refractivity (Wildman–Crippen MR) is 86.5 cm³/mol. The minimum absolute atomic E-state index is 0.0705. The van der Waals surface area contributed by atoms with Crippen LogP contribution >= 0.6 is 22.9 Å². The molecule has 1 aromatic heterocycles. The van der Waals surface area contributed by atoms with E-state index in [1.165, 1.54) is 18.4 Å². The molecule has 0 aliphatic heterocycles. The summed E-state index contributed by atoms with van der Waals surface area (Å²) in [7, 11) is 1.50. The Morgan fingerprint density at radius 1 is 1.19 bits per heavy atom. The molecule has 106 valence electrons. The first-order valence-corrected chi connectivity index (χ1v) is 7.37. The van der Waals surface area contributed by atoms with Gasteiger partial charge in [0.15, 0.2) is 0 Å². The number of benzene rings is 2. The molecule has 0 atom stereocenters. The second-order valence-corrected chi connectivity index (χ2v) is 5.81. The summed E-state index contributed by atoms with van der Waals surface area (Å²) in [4.78, 5) is 19.1. The van der Waals surface area contributed by atoms with Crippen molar-refractivity contribution in [3.05, 3.63) is 68.3 Å². The molecule has 0 unspecified atom stereocenters. The second kappa shape index (κ2) is 5.71. The highest BCUT2D eigenvalue weighted by atomic mass is 35.5. The van der Waals surface area contributed by atoms with Crippen LogP contribution in [0.3, 0.4) is 0 Å². The summed E-state index contributed by atoms with van der Waals surface area (Å²) in [5.74, 6) is 0. The first kappa shape index (κ1) is 13.9. The molecule has 2 aromatic carbocycles. The highest BCUT2D eigenvalue weighted by molar-refractivity contribution is 7.16. The quantitative estimate of drug-likeness (QED) is 0.592. The number of nitrogens with zero attached hydrogens (tertiary/aromatic N) is 1. The Labute approximate surface area is 129 Å². The van der Waals surface area contributed by atoms with Crippen LogP contribution in [0, 0.1) is 0 Å². The van der Waals surface area contributed by atoms with Gasteiger partial charge in [0.2, 0.25) is 0 Å². The highest BCUT2D eigenvalue weighted by Gasteiger charge is 2.10. The number of oxime groups is 1. The summed E-state index contributed by atoms with van der Waals surface area (Å²) in [5.41, 5.74) is 3.28. The largest absolute Gasteiger partial charge is 0.399 e. The normalized spacial score (nSPS) is 11.8. The van der Waals surface area contributed by atoms with Crippen molar-refractivity contribution in [2.45, 2.75) is 0 Å². The molecule has 3 rings (SSSR count). The summed E-state index contributed by atoms with van der Waals surface area (Å²) >= 11 is 7.08. The van der Waals surface area contributed by atoms with Crippen LogP contribution in [0.2, 0.25) is 5.02 Å². The van der Waals surface area contributed by atoms with E-state index in [2.05, 4.69) is 10.1 Å². The monoisotopic (exact) mass is 318 g/mol. The van der Waals surface area contributed by atoms with E-state index in [0.717, 1.165) is 21.3 Å². The summed E-state index contributed by atoms with van der Waals surface area (Å²) in [6.07, 6.45) is 0. The molecule has 1 heterocycles. The standard InChI is InChI=1S/C15H11ClN2O2S/c1-20-18-14(9-2-5-11(16)6-3-9)10-4-7-12-13(8-10)21-15(19)17-12/h2-8H,1H3,(H,17,19). The number of halogens is 1. The number of hydrogen-bond acceptors (Lipinski definition) is 4. The van der Waals surface area contributed by atoms with Crippen LogP contribution < -0.4 is 4.87 Å². The minimum Gasteiger partial charge on any atom is -0.399 e. The first-order chi connectivity index (χ1) is 10.2. The lowest BCUT2D eigenvalue weighted by atomic mass is 10.0. The van der Waals surface area contributed by atoms with Gasteiger partial charge in [-0.25, -0.2) is 0 Å². The van der Waals surface area contributed by atoms with Gasteiger partial charge in [0, 0.05) is 16.1 Å². The number of rotatable bonds is 3. The van der Waals surface area contributed by atoms with Gasteiger partial charge in [-0.2, -0.15) is 0 Å². The number of aromatic nitrogens is 1. The molecular weight excluding hydrogens is 308 g/mol. The maximum atomic E-state index is 11.4. The maximum absolute atomic E-state index is 11.4. The van der Waals surface area contributed by atoms with E-state index in [-0.39, 0.29) is 4.87 Å². The Hall–Kier alpha value is -2.11. The van der Waals surface area contributed by atoms with E-state index < -0.39 is 0 Å². The number of nitrogens with one attached hydrogen (secondary N) is 1. The molecule has 0 aliphatic rings. The molecule has 6 heteroatoms. The van der Waals surface area contributed by atoms with Crippen LogP contribution in [0.15, 0.2) is 52.4 Å². The van der Waals surface area contributed by atoms with E-state index in [4.69, 9.17) is 16.4 Å². The Morgan fingerprint density at radius 3 is 2.62 bits per heavy atom. The van der Waals surface area contributed by atoms with Crippen LogP contribution in [-0.2, 0) is 4.84 Å². The third-order valence-corrected chi connectivity index (χ3v) is 4.09. The van der Waals surface area contributed by atoms with Gasteiger partial charge in [-0.3, -0.25) is 4.79 Å². The van der Waals surface area contributed by atoms with Gasteiger partial charge < -0.3 is 9.82 Å². The number of H-pyrrole nitrogens is 1. The zero-order chi connectivity index (χ0) is 14.8. The number of aromatic amines is 1. The molecule has 0 saturated heterocycles. The van der Waals surface area contributed by atoms with Crippen molar-refractivity contribution in [1.29, 1.82) is 0 Å². The lowest BCUT2D eigenvalue weighted by Gasteiger charge is -2.06. The Kier molecular flexibility index (Phi) is 3.77. The molecule has 0 spiro atoms. The topological polar surface area (TPSA) is 54.4 Å². The van der Waals surface area contributed by atoms with Crippen molar-refractivity contribution < 1.29 is 4.84 Å². The lowest BCUT2D eigenvalue weighted by molar-refractivity contribution is 0.214. The highest BCUT2D eigenvalue weighted by Crippen LogP contribution is 2.20. The molecular formula is C15H11ClN2O2S. The van der Waals surface area contributed by atoms with Gasteiger partial charge in [0.25, 0.3) is 0 Å². The van der Waals surface area contributed by atoms with Crippen LogP contribution in [0.5, 0.6) is 0 Å². The van der Waals surface area contributed by atoms with E-state index in [0.29, 0.717) is 10.7 Å². The predicted octanol–water partition coefficient (Wildman–Crippen LogP) is 3.64. The number of hydrogen-bond donors (Lipinski definition) is 1. The number of fused-ring (bicyclic) bond motifs is 1. The summed E-state index contributed by atoms with van der Waals surface area (Å²) in [5, 5.41) is 4.76. The van der Waals surface area contributed by atoms with Crippen molar-refractivity contribution in [2.24, 2.45) is 5.16 Å².